The SMILES string of the molecule is COc1ccc([N+](=O)[O-])cc1CSc1nnc(-c2ccccc2C)n1Cc1ccco1. The minimum Gasteiger partial charge on any atom is -0.496 e. The number of rotatable bonds is 8. The number of aryl methyl sites for hydroxylation is 1. The highest BCUT2D eigenvalue weighted by atomic mass is 32.2. The summed E-state index contributed by atoms with van der Waals surface area (Å²) >= 11 is 1.44. The lowest BCUT2D eigenvalue weighted by molar-refractivity contribution is -0.384. The third-order valence-electron chi connectivity index (χ3n) is 4.83. The van der Waals surface area contributed by atoms with E-state index < -0.39 is 4.92 Å². The Morgan fingerprint density at radius 1 is 1.16 bits per heavy atom. The zero-order chi connectivity index (χ0) is 21.8. The fourth-order valence-corrected chi connectivity index (χ4v) is 4.17. The average Bonchev–Trinajstić information content (AvgIpc) is 3.43. The van der Waals surface area contributed by atoms with Crippen LogP contribution in [0.25, 0.3) is 11.4 Å². The van der Waals surface area contributed by atoms with Crippen molar-refractivity contribution >= 4 is 17.4 Å². The predicted molar refractivity (Wildman–Crippen MR) is 117 cm³/mol. The number of nitro groups is 1. The van der Waals surface area contributed by atoms with Gasteiger partial charge in [-0.3, -0.25) is 14.7 Å². The first-order valence-electron chi connectivity index (χ1n) is 9.52. The van der Waals surface area contributed by atoms with E-state index >= 15 is 0 Å². The van der Waals surface area contributed by atoms with Crippen LogP contribution in [0.1, 0.15) is 16.9 Å². The topological polar surface area (TPSA) is 96.2 Å². The Hall–Kier alpha value is -3.59. The van der Waals surface area contributed by atoms with Gasteiger partial charge in [-0.1, -0.05) is 36.0 Å². The Morgan fingerprint density at radius 3 is 2.71 bits per heavy atom. The molecule has 0 atom stereocenters. The third-order valence-corrected chi connectivity index (χ3v) is 5.84. The summed E-state index contributed by atoms with van der Waals surface area (Å²) < 4.78 is 12.9. The molecule has 0 bridgehead atoms. The highest BCUT2D eigenvalue weighted by molar-refractivity contribution is 7.98. The van der Waals surface area contributed by atoms with Crippen LogP contribution in [-0.2, 0) is 12.3 Å². The molecule has 0 saturated carbocycles. The van der Waals surface area contributed by atoms with Crippen molar-refractivity contribution in [2.75, 3.05) is 7.11 Å². The number of non-ortho nitro benzene ring substituents is 1. The van der Waals surface area contributed by atoms with E-state index in [0.717, 1.165) is 22.7 Å². The number of ether oxygens (including phenoxy) is 1. The Balaban J connectivity index is 1.68. The molecule has 0 saturated heterocycles. The zero-order valence-electron chi connectivity index (χ0n) is 17.0. The minimum absolute atomic E-state index is 0.0223. The van der Waals surface area contributed by atoms with Crippen molar-refractivity contribution in [3.05, 3.63) is 87.9 Å². The largest absolute Gasteiger partial charge is 0.496 e. The second-order valence-corrected chi connectivity index (χ2v) is 7.77. The summed E-state index contributed by atoms with van der Waals surface area (Å²) in [6.07, 6.45) is 1.63. The maximum Gasteiger partial charge on any atom is 0.270 e. The van der Waals surface area contributed by atoms with Crippen LogP contribution in [0.3, 0.4) is 0 Å². The Kier molecular flexibility index (Phi) is 6.03. The number of hydrogen-bond acceptors (Lipinski definition) is 7. The molecule has 2 aromatic carbocycles. The highest BCUT2D eigenvalue weighted by Gasteiger charge is 2.19. The molecule has 0 unspecified atom stereocenters. The van der Waals surface area contributed by atoms with Crippen molar-refractivity contribution in [1.82, 2.24) is 14.8 Å². The first-order chi connectivity index (χ1) is 15.1. The normalized spacial score (nSPS) is 10.9. The molecular weight excluding hydrogens is 416 g/mol. The zero-order valence-corrected chi connectivity index (χ0v) is 17.8. The summed E-state index contributed by atoms with van der Waals surface area (Å²) in [6, 6.07) is 16.3. The molecule has 0 amide bonds. The van der Waals surface area contributed by atoms with Crippen molar-refractivity contribution in [2.24, 2.45) is 0 Å². The van der Waals surface area contributed by atoms with E-state index in [1.54, 1.807) is 19.4 Å². The Morgan fingerprint density at radius 2 is 2.00 bits per heavy atom. The summed E-state index contributed by atoms with van der Waals surface area (Å²) in [5.74, 6) is 2.55. The lowest BCUT2D eigenvalue weighted by Crippen LogP contribution is -2.04. The number of methoxy groups -OCH3 is 1. The van der Waals surface area contributed by atoms with Gasteiger partial charge in [0.2, 0.25) is 0 Å². The first kappa shape index (κ1) is 20.7. The van der Waals surface area contributed by atoms with Gasteiger partial charge in [-0.15, -0.1) is 10.2 Å². The second-order valence-electron chi connectivity index (χ2n) is 6.83. The molecular formula is C22H20N4O4S. The maximum absolute atomic E-state index is 11.2. The molecule has 2 heterocycles. The minimum atomic E-state index is -0.413. The van der Waals surface area contributed by atoms with Gasteiger partial charge in [-0.25, -0.2) is 0 Å². The number of nitro benzene ring substituents is 1. The monoisotopic (exact) mass is 436 g/mol. The molecule has 31 heavy (non-hydrogen) atoms. The number of nitrogens with zero attached hydrogens (tertiary/aromatic N) is 4. The number of thioether (sulfide) groups is 1. The summed E-state index contributed by atoms with van der Waals surface area (Å²) in [5, 5.41) is 20.7. The second kappa shape index (κ2) is 9.05. The van der Waals surface area contributed by atoms with E-state index in [9.17, 15) is 10.1 Å². The van der Waals surface area contributed by atoms with Crippen LogP contribution in [0.5, 0.6) is 5.75 Å². The summed E-state index contributed by atoms with van der Waals surface area (Å²) in [5.41, 5.74) is 2.81. The maximum atomic E-state index is 11.2. The standard InChI is InChI=1S/C22H20N4O4S/c1-15-6-3-4-8-19(15)21-23-24-22(25(21)13-18-7-5-11-30-18)31-14-16-12-17(26(27)28)9-10-20(16)29-2/h3-12H,13-14H2,1-2H3. The van der Waals surface area contributed by atoms with Crippen LogP contribution in [0, 0.1) is 17.0 Å². The summed E-state index contributed by atoms with van der Waals surface area (Å²) in [4.78, 5) is 10.8. The van der Waals surface area contributed by atoms with Crippen molar-refractivity contribution in [3.63, 3.8) is 0 Å². The molecule has 0 spiro atoms. The molecule has 9 heteroatoms. The van der Waals surface area contributed by atoms with Gasteiger partial charge < -0.3 is 9.15 Å². The van der Waals surface area contributed by atoms with Crippen molar-refractivity contribution in [1.29, 1.82) is 0 Å². The number of aromatic nitrogens is 3. The van der Waals surface area contributed by atoms with Crippen molar-refractivity contribution in [3.8, 4) is 17.1 Å². The predicted octanol–water partition coefficient (Wildman–Crippen LogP) is 5.10. The molecule has 2 aromatic heterocycles. The van der Waals surface area contributed by atoms with E-state index in [-0.39, 0.29) is 5.69 Å². The van der Waals surface area contributed by atoms with Gasteiger partial charge in [-0.05, 0) is 30.7 Å². The van der Waals surface area contributed by atoms with Crippen LogP contribution < -0.4 is 4.74 Å². The van der Waals surface area contributed by atoms with Gasteiger partial charge in [0.05, 0.1) is 24.8 Å². The highest BCUT2D eigenvalue weighted by Crippen LogP contribution is 2.32. The van der Waals surface area contributed by atoms with E-state index in [0.29, 0.717) is 28.8 Å². The molecule has 0 aliphatic carbocycles. The molecule has 8 nitrogen and oxygen atoms in total. The Bertz CT molecular complexity index is 1200. The van der Waals surface area contributed by atoms with E-state index in [4.69, 9.17) is 9.15 Å². The number of hydrogen-bond donors (Lipinski definition) is 0. The van der Waals surface area contributed by atoms with Crippen LogP contribution in [0.15, 0.2) is 70.4 Å². The molecule has 0 fully saturated rings. The average molecular weight is 436 g/mol. The van der Waals surface area contributed by atoms with Crippen LogP contribution in [0.4, 0.5) is 5.69 Å². The van der Waals surface area contributed by atoms with E-state index in [2.05, 4.69) is 10.2 Å². The van der Waals surface area contributed by atoms with Gasteiger partial charge >= 0.3 is 0 Å². The van der Waals surface area contributed by atoms with Gasteiger partial charge in [-0.2, -0.15) is 0 Å². The Labute approximate surface area is 183 Å². The van der Waals surface area contributed by atoms with Gasteiger partial charge in [0, 0.05) is 29.0 Å². The lowest BCUT2D eigenvalue weighted by atomic mass is 10.1. The van der Waals surface area contributed by atoms with Crippen molar-refractivity contribution < 1.29 is 14.1 Å². The third kappa shape index (κ3) is 4.46. The first-order valence-corrected chi connectivity index (χ1v) is 10.5. The van der Waals surface area contributed by atoms with E-state index in [1.165, 1.54) is 23.9 Å². The van der Waals surface area contributed by atoms with Crippen LogP contribution in [0.2, 0.25) is 0 Å². The molecule has 158 valence electrons. The molecule has 4 rings (SSSR count). The summed E-state index contributed by atoms with van der Waals surface area (Å²) in [7, 11) is 1.55. The molecule has 0 N–H and O–H groups in total. The molecule has 0 radical (unpaired) electrons. The smallest absolute Gasteiger partial charge is 0.270 e. The fraction of sp³-hybridized carbons (Fsp3) is 0.182. The number of benzene rings is 2. The molecule has 0 aliphatic heterocycles. The quantitative estimate of drug-likeness (QED) is 0.215. The summed E-state index contributed by atoms with van der Waals surface area (Å²) in [6.45, 7) is 2.50. The van der Waals surface area contributed by atoms with Crippen molar-refractivity contribution in [2.45, 2.75) is 24.4 Å². The molecule has 4 aromatic rings. The van der Waals surface area contributed by atoms with Gasteiger partial charge in [0.15, 0.2) is 11.0 Å². The van der Waals surface area contributed by atoms with Crippen LogP contribution >= 0.6 is 11.8 Å². The molecule has 0 aliphatic rings. The fourth-order valence-electron chi connectivity index (χ4n) is 3.25. The van der Waals surface area contributed by atoms with Gasteiger partial charge in [0.1, 0.15) is 11.5 Å². The lowest BCUT2D eigenvalue weighted by Gasteiger charge is -2.11. The van der Waals surface area contributed by atoms with E-state index in [1.807, 2.05) is 47.9 Å². The van der Waals surface area contributed by atoms with Crippen LogP contribution in [-0.4, -0.2) is 26.8 Å². The van der Waals surface area contributed by atoms with Gasteiger partial charge in [0.25, 0.3) is 5.69 Å². The number of furan rings is 1.